The topological polar surface area (TPSA) is 72.8 Å². The van der Waals surface area contributed by atoms with E-state index < -0.39 is 26.7 Å². The lowest BCUT2D eigenvalue weighted by atomic mass is 10.2. The molecule has 0 aliphatic carbocycles. The summed E-state index contributed by atoms with van der Waals surface area (Å²) in [4.78, 5) is 13.0. The minimum atomic E-state index is -3.76. The third kappa shape index (κ3) is 2.62. The van der Waals surface area contributed by atoms with Gasteiger partial charge in [0.2, 0.25) is 0 Å². The number of ether oxygens (including phenoxy) is 1. The molecule has 1 aliphatic heterocycles. The van der Waals surface area contributed by atoms with Gasteiger partial charge in [-0.15, -0.1) is 3.77 Å². The fourth-order valence-electron chi connectivity index (χ4n) is 2.03. The van der Waals surface area contributed by atoms with E-state index in [9.17, 15) is 13.2 Å². The summed E-state index contributed by atoms with van der Waals surface area (Å²) >= 11 is 3.34. The molecule has 0 fully saturated rings. The van der Waals surface area contributed by atoms with Crippen molar-refractivity contribution in [3.8, 4) is 0 Å². The molecule has 8 heteroatoms. The van der Waals surface area contributed by atoms with Crippen molar-refractivity contribution in [1.29, 1.82) is 0 Å². The Hall–Kier alpha value is -1.51. The van der Waals surface area contributed by atoms with Crippen molar-refractivity contribution < 1.29 is 17.9 Å². The first-order valence-electron chi connectivity index (χ1n) is 6.13. The summed E-state index contributed by atoms with van der Waals surface area (Å²) in [5, 5.41) is 0. The Bertz CT molecular complexity index is 905. The molecule has 0 N–H and O–H groups in total. The average molecular weight is 400 g/mol. The molecule has 2 aromatic carbocycles. The van der Waals surface area contributed by atoms with Gasteiger partial charge in [-0.3, -0.25) is 0 Å². The lowest BCUT2D eigenvalue weighted by Gasteiger charge is -2.05. The van der Waals surface area contributed by atoms with Crippen molar-refractivity contribution >= 4 is 42.6 Å². The Balaban J connectivity index is 2.16. The molecule has 5 nitrogen and oxygen atoms in total. The molecule has 0 saturated carbocycles. The Morgan fingerprint density at radius 3 is 2.50 bits per heavy atom. The molecule has 0 radical (unpaired) electrons. The molecule has 22 heavy (non-hydrogen) atoms. The average Bonchev–Trinajstić information content (AvgIpc) is 2.78. The number of halogens is 1. The number of methoxy groups -OCH3 is 1. The van der Waals surface area contributed by atoms with E-state index in [-0.39, 0.29) is 10.5 Å². The van der Waals surface area contributed by atoms with Crippen LogP contribution in [0.15, 0.2) is 65.4 Å². The van der Waals surface area contributed by atoms with Crippen LogP contribution in [-0.4, -0.2) is 21.5 Å². The Morgan fingerprint density at radius 2 is 1.86 bits per heavy atom. The van der Waals surface area contributed by atoms with Crippen LogP contribution in [0.5, 0.6) is 0 Å². The van der Waals surface area contributed by atoms with E-state index in [2.05, 4.69) is 24.4 Å². The minimum Gasteiger partial charge on any atom is -0.465 e. The monoisotopic (exact) mass is 399 g/mol. The smallest absolute Gasteiger partial charge is 0.337 e. The number of sulfonamides is 1. The number of esters is 1. The fourth-order valence-corrected chi connectivity index (χ4v) is 6.31. The number of carbonyl (C=O) groups is 1. The van der Waals surface area contributed by atoms with E-state index in [0.29, 0.717) is 4.90 Å². The predicted molar refractivity (Wildman–Crippen MR) is 85.4 cm³/mol. The van der Waals surface area contributed by atoms with Crippen LogP contribution in [0.25, 0.3) is 0 Å². The maximum atomic E-state index is 12.2. The largest absolute Gasteiger partial charge is 0.465 e. The zero-order chi connectivity index (χ0) is 15.9. The second-order valence-corrected chi connectivity index (χ2v) is 8.82. The van der Waals surface area contributed by atoms with Crippen molar-refractivity contribution in [3.63, 3.8) is 0 Å². The summed E-state index contributed by atoms with van der Waals surface area (Å²) in [6.07, 6.45) is 0. The minimum absolute atomic E-state index is 0.0710. The molecule has 0 amide bonds. The van der Waals surface area contributed by atoms with Gasteiger partial charge in [0.05, 0.1) is 12.7 Å². The van der Waals surface area contributed by atoms with Gasteiger partial charge in [0, 0.05) is 14.3 Å². The normalized spacial score (nSPS) is 18.4. The summed E-state index contributed by atoms with van der Waals surface area (Å²) in [6, 6.07) is 11.8. The number of fused-ring (bicyclic) bond motifs is 1. The second-order valence-electron chi connectivity index (χ2n) is 4.44. The number of nitrogens with zero attached hydrogens (tertiary/aromatic N) is 1. The highest BCUT2D eigenvalue weighted by Crippen LogP contribution is 2.35. The van der Waals surface area contributed by atoms with E-state index in [1.165, 1.54) is 13.2 Å². The van der Waals surface area contributed by atoms with Gasteiger partial charge in [0.25, 0.3) is 10.0 Å². The maximum absolute atomic E-state index is 12.2. The third-order valence-electron chi connectivity index (χ3n) is 3.06. The van der Waals surface area contributed by atoms with Crippen LogP contribution in [0.1, 0.15) is 10.4 Å². The van der Waals surface area contributed by atoms with Gasteiger partial charge >= 0.3 is 5.97 Å². The van der Waals surface area contributed by atoms with Gasteiger partial charge in [-0.05, 0) is 53.2 Å². The van der Waals surface area contributed by atoms with Crippen molar-refractivity contribution in [3.05, 3.63) is 52.5 Å². The van der Waals surface area contributed by atoms with Crippen LogP contribution in [0.4, 0.5) is 0 Å². The first-order valence-corrected chi connectivity index (χ1v) is 9.54. The molecule has 0 aromatic heterocycles. The molecular weight excluding hydrogens is 390 g/mol. The zero-order valence-corrected chi connectivity index (χ0v) is 14.5. The highest BCUT2D eigenvalue weighted by Gasteiger charge is 2.30. The molecule has 114 valence electrons. The summed E-state index contributed by atoms with van der Waals surface area (Å²) < 4.78 is 34.0. The van der Waals surface area contributed by atoms with Crippen LogP contribution in [0.3, 0.4) is 0 Å². The number of hydrogen-bond donors (Lipinski definition) is 0. The Kier molecular flexibility index (Phi) is 3.92. The predicted octanol–water partition coefficient (Wildman–Crippen LogP) is 3.16. The van der Waals surface area contributed by atoms with Gasteiger partial charge in [0.15, 0.2) is 0 Å². The lowest BCUT2D eigenvalue weighted by Crippen LogP contribution is -2.03. The summed E-state index contributed by atoms with van der Waals surface area (Å²) in [6.45, 7) is 0. The van der Waals surface area contributed by atoms with E-state index in [0.717, 1.165) is 9.37 Å². The molecule has 1 aliphatic rings. The molecule has 1 unspecified atom stereocenters. The number of benzene rings is 2. The Labute approximate surface area is 138 Å². The third-order valence-corrected chi connectivity index (χ3v) is 7.48. The highest BCUT2D eigenvalue weighted by atomic mass is 79.9. The number of hydrogen-bond acceptors (Lipinski definition) is 4. The van der Waals surface area contributed by atoms with Crippen LogP contribution in [-0.2, 0) is 25.5 Å². The van der Waals surface area contributed by atoms with Crippen molar-refractivity contribution in [2.45, 2.75) is 14.7 Å². The van der Waals surface area contributed by atoms with Crippen LogP contribution >= 0.6 is 15.9 Å². The molecule has 1 heterocycles. The zero-order valence-electron chi connectivity index (χ0n) is 11.3. The van der Waals surface area contributed by atoms with E-state index in [1.807, 2.05) is 24.3 Å². The number of carbonyl (C=O) groups excluding carboxylic acids is 1. The van der Waals surface area contributed by atoms with Crippen molar-refractivity contribution in [2.24, 2.45) is 3.77 Å². The second kappa shape index (κ2) is 5.60. The lowest BCUT2D eigenvalue weighted by molar-refractivity contribution is 0.0600. The highest BCUT2D eigenvalue weighted by molar-refractivity contribution is 9.10. The number of rotatable bonds is 2. The van der Waals surface area contributed by atoms with Crippen molar-refractivity contribution in [2.75, 3.05) is 7.11 Å². The quantitative estimate of drug-likeness (QED) is 0.726. The fraction of sp³-hybridized carbons (Fsp3) is 0.0714. The van der Waals surface area contributed by atoms with Crippen LogP contribution in [0.2, 0.25) is 0 Å². The van der Waals surface area contributed by atoms with E-state index in [4.69, 9.17) is 0 Å². The molecule has 3 rings (SSSR count). The van der Waals surface area contributed by atoms with Crippen LogP contribution in [0, 0.1) is 0 Å². The summed E-state index contributed by atoms with van der Waals surface area (Å²) in [5.41, 5.74) is 0.196. The molecule has 1 atom stereocenters. The summed E-state index contributed by atoms with van der Waals surface area (Å²) in [7, 11) is -3.41. The standard InChI is InChI=1S/C14H10BrNO4S2/c1-20-14(17)9-2-7-12-13(8-9)22(18,19)16-21(12)11-5-3-10(15)4-6-11/h2-8H,1H3. The molecule has 0 saturated heterocycles. The van der Waals surface area contributed by atoms with Gasteiger partial charge in [0.1, 0.15) is 4.90 Å². The SMILES string of the molecule is COC(=O)c1ccc2c(c1)S(=O)(=O)N=S2c1ccc(Br)cc1. The molecule has 0 spiro atoms. The van der Waals surface area contributed by atoms with Gasteiger partial charge in [-0.2, -0.15) is 8.42 Å². The molecule has 2 aromatic rings. The van der Waals surface area contributed by atoms with E-state index >= 15 is 0 Å². The van der Waals surface area contributed by atoms with Gasteiger partial charge in [-0.1, -0.05) is 15.9 Å². The van der Waals surface area contributed by atoms with Gasteiger partial charge < -0.3 is 4.74 Å². The molecular formula is C14H10BrNO4S2. The Morgan fingerprint density at radius 1 is 1.18 bits per heavy atom. The first kappa shape index (κ1) is 15.4. The first-order chi connectivity index (χ1) is 10.4. The van der Waals surface area contributed by atoms with E-state index in [1.54, 1.807) is 12.1 Å². The summed E-state index contributed by atoms with van der Waals surface area (Å²) in [5.74, 6) is -0.576. The van der Waals surface area contributed by atoms with Crippen LogP contribution < -0.4 is 0 Å². The van der Waals surface area contributed by atoms with Gasteiger partial charge in [-0.25, -0.2) is 4.79 Å². The molecule has 0 bridgehead atoms. The maximum Gasteiger partial charge on any atom is 0.337 e. The van der Waals surface area contributed by atoms with Crippen molar-refractivity contribution in [1.82, 2.24) is 0 Å².